The zero-order chi connectivity index (χ0) is 40.4. The number of likely N-dealkylation sites (tertiary alicyclic amines) is 1. The van der Waals surface area contributed by atoms with E-state index in [1.807, 2.05) is 13.8 Å². The summed E-state index contributed by atoms with van der Waals surface area (Å²) in [5.41, 5.74) is -0.357. The van der Waals surface area contributed by atoms with Crippen LogP contribution in [0.15, 0.2) is 72.8 Å². The van der Waals surface area contributed by atoms with E-state index in [0.29, 0.717) is 24.1 Å². The minimum absolute atomic E-state index is 0.0502. The fraction of sp³-hybridized carbons (Fsp3) is 0.405. The summed E-state index contributed by atoms with van der Waals surface area (Å²) in [6.45, 7) is 7.33. The Balaban J connectivity index is 1.56. The van der Waals surface area contributed by atoms with E-state index in [-0.39, 0.29) is 42.6 Å². The molecule has 18 nitrogen and oxygen atoms in total. The van der Waals surface area contributed by atoms with Gasteiger partial charge in [0.1, 0.15) is 29.9 Å². The van der Waals surface area contributed by atoms with Crippen molar-refractivity contribution in [2.45, 2.75) is 77.5 Å². The number of benzene rings is 3. The highest BCUT2D eigenvalue weighted by molar-refractivity contribution is 5.99. The van der Waals surface area contributed by atoms with Gasteiger partial charge in [-0.2, -0.15) is 0 Å². The molecule has 1 heterocycles. The summed E-state index contributed by atoms with van der Waals surface area (Å²) in [4.78, 5) is 88.8. The number of rotatable bonds is 17. The Morgan fingerprint density at radius 3 is 2.00 bits per heavy atom. The molecule has 292 valence electrons. The minimum Gasteiger partial charge on any atom is -0.368 e. The van der Waals surface area contributed by atoms with Crippen LogP contribution in [0.5, 0.6) is 0 Å². The molecule has 1 aliphatic rings. The van der Waals surface area contributed by atoms with Crippen molar-refractivity contribution in [2.75, 3.05) is 17.2 Å². The number of nitro benzene ring substituents is 3. The summed E-state index contributed by atoms with van der Waals surface area (Å²) in [6.07, 6.45) is 0.992. The molecule has 3 aromatic carbocycles. The molecule has 1 aliphatic heterocycles. The maximum absolute atomic E-state index is 14.3. The summed E-state index contributed by atoms with van der Waals surface area (Å²) in [5.74, 6) is -2.80. The molecule has 4 atom stereocenters. The average molecular weight is 761 g/mol. The molecule has 0 saturated carbocycles. The molecule has 18 heteroatoms. The van der Waals surface area contributed by atoms with E-state index < -0.39 is 73.9 Å². The van der Waals surface area contributed by atoms with Crippen LogP contribution in [0.25, 0.3) is 0 Å². The van der Waals surface area contributed by atoms with E-state index in [0.717, 1.165) is 18.2 Å². The average Bonchev–Trinajstić information content (AvgIpc) is 3.63. The highest BCUT2D eigenvalue weighted by Crippen LogP contribution is 2.30. The Morgan fingerprint density at radius 2 is 1.42 bits per heavy atom. The topological polar surface area (TPSA) is 249 Å². The number of hydrogen-bond donors (Lipinski definition) is 4. The lowest BCUT2D eigenvalue weighted by atomic mass is 10.00. The van der Waals surface area contributed by atoms with Gasteiger partial charge in [-0.15, -0.1) is 0 Å². The number of anilines is 2. The Kier molecular flexibility index (Phi) is 13.9. The largest absolute Gasteiger partial charge is 0.368 e. The number of nitrogens with one attached hydrogen (secondary N) is 4. The molecule has 4 N–H and O–H groups in total. The Hall–Kier alpha value is -6.46. The number of non-ortho nitro benzene ring substituents is 2. The molecule has 0 unspecified atom stereocenters. The first-order valence-electron chi connectivity index (χ1n) is 17.8. The second-order valence-corrected chi connectivity index (χ2v) is 14.0. The summed E-state index contributed by atoms with van der Waals surface area (Å²) in [5, 5.41) is 45.3. The van der Waals surface area contributed by atoms with Gasteiger partial charge < -0.3 is 26.2 Å². The highest BCUT2D eigenvalue weighted by Gasteiger charge is 2.40. The van der Waals surface area contributed by atoms with Crippen molar-refractivity contribution in [3.63, 3.8) is 0 Å². The van der Waals surface area contributed by atoms with Gasteiger partial charge >= 0.3 is 0 Å². The SMILES string of the molecule is CC(C)C[C@H](Nc1ccc([N+](=O)[O-])cc1[N+](=O)[O-])C(=O)N[C@@H](Cc1ccccc1)C(=O)N1CCC[C@H]1C(=O)N[C@H](C(=O)Nc1ccc([N+](=O)[O-])cc1)C(C)C. The fourth-order valence-corrected chi connectivity index (χ4v) is 6.29. The van der Waals surface area contributed by atoms with Crippen LogP contribution in [0.2, 0.25) is 0 Å². The van der Waals surface area contributed by atoms with Crippen molar-refractivity contribution >= 4 is 52.1 Å². The van der Waals surface area contributed by atoms with Gasteiger partial charge in [0.2, 0.25) is 23.6 Å². The third kappa shape index (κ3) is 11.0. The molecule has 4 amide bonds. The van der Waals surface area contributed by atoms with Crippen molar-refractivity contribution in [3.8, 4) is 0 Å². The van der Waals surface area contributed by atoms with E-state index in [9.17, 15) is 49.5 Å². The van der Waals surface area contributed by atoms with Crippen LogP contribution in [-0.2, 0) is 25.6 Å². The van der Waals surface area contributed by atoms with E-state index in [4.69, 9.17) is 0 Å². The zero-order valence-electron chi connectivity index (χ0n) is 30.8. The summed E-state index contributed by atoms with van der Waals surface area (Å²) in [6, 6.07) is 12.9. The molecule has 4 rings (SSSR count). The maximum Gasteiger partial charge on any atom is 0.299 e. The van der Waals surface area contributed by atoms with E-state index in [1.54, 1.807) is 44.2 Å². The molecule has 1 fully saturated rings. The molecular weight excluding hydrogens is 716 g/mol. The van der Waals surface area contributed by atoms with Crippen LogP contribution in [0.4, 0.5) is 28.4 Å². The second-order valence-electron chi connectivity index (χ2n) is 14.0. The molecular formula is C37H44N8O10. The minimum atomic E-state index is -1.17. The molecule has 0 bridgehead atoms. The molecule has 0 radical (unpaired) electrons. The molecule has 55 heavy (non-hydrogen) atoms. The number of carbonyl (C=O) groups is 4. The first kappa shape index (κ1) is 41.3. The predicted octanol–water partition coefficient (Wildman–Crippen LogP) is 4.74. The van der Waals surface area contributed by atoms with Crippen LogP contribution in [0.3, 0.4) is 0 Å². The van der Waals surface area contributed by atoms with Gasteiger partial charge in [-0.05, 0) is 54.9 Å². The third-order valence-corrected chi connectivity index (χ3v) is 9.07. The molecule has 1 saturated heterocycles. The second kappa shape index (κ2) is 18.5. The molecule has 0 spiro atoms. The summed E-state index contributed by atoms with van der Waals surface area (Å²) in [7, 11) is 0. The lowest BCUT2D eigenvalue weighted by Gasteiger charge is -2.31. The highest BCUT2D eigenvalue weighted by atomic mass is 16.6. The van der Waals surface area contributed by atoms with Crippen LogP contribution < -0.4 is 21.3 Å². The van der Waals surface area contributed by atoms with Crippen LogP contribution >= 0.6 is 0 Å². The van der Waals surface area contributed by atoms with E-state index in [1.165, 1.54) is 29.2 Å². The smallest absolute Gasteiger partial charge is 0.299 e. The standard InChI is InChI=1S/C37H44N8O10/c1-22(2)19-29(39-28-17-16-27(44(52)53)21-32(28)45(54)55)34(46)40-30(20-24-9-6-5-7-10-24)37(49)42-18-8-11-31(42)35(47)41-33(23(3)4)36(48)38-25-12-14-26(15-13-25)43(50)51/h5-7,9-10,12-17,21-23,29-31,33,39H,8,11,18-20H2,1-4H3,(H,38,48)(H,40,46)(H,41,47)/t29-,30-,31-,33-/m0/s1. The van der Waals surface area contributed by atoms with Crippen molar-refractivity contribution in [1.82, 2.24) is 15.5 Å². The quantitative estimate of drug-likeness (QED) is 0.108. The van der Waals surface area contributed by atoms with Crippen molar-refractivity contribution in [2.24, 2.45) is 11.8 Å². The van der Waals surface area contributed by atoms with Crippen molar-refractivity contribution in [3.05, 3.63) is 109 Å². The van der Waals surface area contributed by atoms with Gasteiger partial charge in [0.05, 0.1) is 20.8 Å². The van der Waals surface area contributed by atoms with Gasteiger partial charge in [-0.3, -0.25) is 49.5 Å². The van der Waals surface area contributed by atoms with E-state index >= 15 is 0 Å². The van der Waals surface area contributed by atoms with Gasteiger partial charge in [0, 0.05) is 36.9 Å². The first-order valence-corrected chi connectivity index (χ1v) is 17.8. The number of hydrogen-bond acceptors (Lipinski definition) is 11. The fourth-order valence-electron chi connectivity index (χ4n) is 6.29. The normalized spacial score (nSPS) is 15.5. The lowest BCUT2D eigenvalue weighted by Crippen LogP contribution is -2.58. The number of nitrogens with zero attached hydrogens (tertiary/aromatic N) is 4. The maximum atomic E-state index is 14.3. The number of carbonyl (C=O) groups excluding carboxylic acids is 4. The van der Waals surface area contributed by atoms with Gasteiger partial charge in [0.25, 0.3) is 17.1 Å². The number of nitro groups is 3. The monoisotopic (exact) mass is 760 g/mol. The Morgan fingerprint density at radius 1 is 0.782 bits per heavy atom. The molecule has 3 aromatic rings. The Labute approximate surface area is 316 Å². The first-order chi connectivity index (χ1) is 26.0. The van der Waals surface area contributed by atoms with Gasteiger partial charge in [-0.1, -0.05) is 58.0 Å². The predicted molar refractivity (Wildman–Crippen MR) is 202 cm³/mol. The van der Waals surface area contributed by atoms with Crippen LogP contribution in [-0.4, -0.2) is 74.0 Å². The third-order valence-electron chi connectivity index (χ3n) is 9.07. The molecule has 0 aromatic heterocycles. The van der Waals surface area contributed by atoms with Crippen LogP contribution in [0.1, 0.15) is 52.5 Å². The zero-order valence-corrected chi connectivity index (χ0v) is 30.8. The van der Waals surface area contributed by atoms with Crippen molar-refractivity contribution < 1.29 is 33.9 Å². The summed E-state index contributed by atoms with van der Waals surface area (Å²) >= 11 is 0. The van der Waals surface area contributed by atoms with Crippen LogP contribution in [0, 0.1) is 42.2 Å². The summed E-state index contributed by atoms with van der Waals surface area (Å²) < 4.78 is 0. The molecule has 0 aliphatic carbocycles. The Bertz CT molecular complexity index is 1910. The number of amides is 4. The van der Waals surface area contributed by atoms with Crippen molar-refractivity contribution in [1.29, 1.82) is 0 Å². The van der Waals surface area contributed by atoms with Gasteiger partial charge in [-0.25, -0.2) is 0 Å². The van der Waals surface area contributed by atoms with Gasteiger partial charge in [0.15, 0.2) is 0 Å². The lowest BCUT2D eigenvalue weighted by molar-refractivity contribution is -0.393. The van der Waals surface area contributed by atoms with E-state index in [2.05, 4.69) is 21.3 Å².